The highest BCUT2D eigenvalue weighted by molar-refractivity contribution is 6.01. The van der Waals surface area contributed by atoms with E-state index in [-0.39, 0.29) is 0 Å². The van der Waals surface area contributed by atoms with E-state index in [4.69, 9.17) is 0 Å². The van der Waals surface area contributed by atoms with Crippen molar-refractivity contribution in [3.63, 3.8) is 0 Å². The van der Waals surface area contributed by atoms with E-state index in [2.05, 4.69) is 9.73 Å². The molecule has 0 radical (unpaired) electrons. The number of halogens is 6. The highest BCUT2D eigenvalue weighted by Crippen LogP contribution is 2.54. The normalized spacial score (nSPS) is 21.0. The summed E-state index contributed by atoms with van der Waals surface area (Å²) in [6.07, 6.45) is -11.0. The molecule has 0 aliphatic carbocycles. The number of hydrogen-bond donors (Lipinski definition) is 0. The summed E-state index contributed by atoms with van der Waals surface area (Å²) in [6.45, 7) is 0. The Hall–Kier alpha value is -0.950. The molecule has 0 spiro atoms. The van der Waals surface area contributed by atoms with Crippen LogP contribution in [-0.2, 0) is 4.74 Å². The molecule has 1 aliphatic heterocycles. The molecule has 76 valence electrons. The third-order valence-corrected chi connectivity index (χ3v) is 1.54. The summed E-state index contributed by atoms with van der Waals surface area (Å²) in [5.74, 6) is -1.34. The molecular formula is C5H3F6NO. The van der Waals surface area contributed by atoms with Gasteiger partial charge in [-0.2, -0.15) is 26.3 Å². The van der Waals surface area contributed by atoms with Gasteiger partial charge in [0, 0.05) is 0 Å². The molecular weight excluding hydrogens is 204 g/mol. The fourth-order valence-corrected chi connectivity index (χ4v) is 0.848. The van der Waals surface area contributed by atoms with Crippen molar-refractivity contribution in [2.45, 2.75) is 17.9 Å². The maximum Gasteiger partial charge on any atom is 0.431 e. The minimum Gasteiger partial charge on any atom is -0.482 e. The van der Waals surface area contributed by atoms with Crippen LogP contribution in [0.1, 0.15) is 0 Å². The molecule has 0 atom stereocenters. The van der Waals surface area contributed by atoms with Gasteiger partial charge in [-0.15, -0.1) is 0 Å². The molecule has 0 saturated carbocycles. The van der Waals surface area contributed by atoms with Gasteiger partial charge in [-0.3, -0.25) is 0 Å². The Kier molecular flexibility index (Phi) is 1.79. The Balaban J connectivity index is 2.97. The van der Waals surface area contributed by atoms with Gasteiger partial charge in [0.2, 0.25) is 5.90 Å². The summed E-state index contributed by atoms with van der Waals surface area (Å²) in [7, 11) is 0.706. The van der Waals surface area contributed by atoms with E-state index in [1.54, 1.807) is 0 Å². The number of aliphatic imine (C=N–C) groups is 1. The van der Waals surface area contributed by atoms with Gasteiger partial charge in [0.15, 0.2) is 0 Å². The van der Waals surface area contributed by atoms with Crippen LogP contribution in [0.25, 0.3) is 0 Å². The number of methoxy groups -OCH3 is 1. The summed E-state index contributed by atoms with van der Waals surface area (Å²) in [5, 5.41) is 0. The van der Waals surface area contributed by atoms with Gasteiger partial charge in [0.25, 0.3) is 0 Å². The van der Waals surface area contributed by atoms with Crippen molar-refractivity contribution in [2.24, 2.45) is 4.99 Å². The average molecular weight is 207 g/mol. The molecule has 0 bridgehead atoms. The second kappa shape index (κ2) is 2.30. The summed E-state index contributed by atoms with van der Waals surface area (Å²) in [4.78, 5) is 2.29. The number of rotatable bonds is 0. The van der Waals surface area contributed by atoms with Gasteiger partial charge in [-0.25, -0.2) is 4.99 Å². The molecule has 0 saturated heterocycles. The molecule has 0 N–H and O–H groups in total. The second-order valence-electron chi connectivity index (χ2n) is 2.33. The molecule has 0 amide bonds. The van der Waals surface area contributed by atoms with Gasteiger partial charge in [-0.1, -0.05) is 0 Å². The first kappa shape index (κ1) is 10.1. The fourth-order valence-electron chi connectivity index (χ4n) is 0.848. The summed E-state index contributed by atoms with van der Waals surface area (Å²) >= 11 is 0. The van der Waals surface area contributed by atoms with Gasteiger partial charge in [-0.05, 0) is 0 Å². The van der Waals surface area contributed by atoms with Crippen LogP contribution < -0.4 is 0 Å². The zero-order valence-corrected chi connectivity index (χ0v) is 6.12. The van der Waals surface area contributed by atoms with Crippen molar-refractivity contribution in [3.8, 4) is 0 Å². The van der Waals surface area contributed by atoms with Crippen LogP contribution in [-0.4, -0.2) is 30.9 Å². The van der Waals surface area contributed by atoms with E-state index in [1.165, 1.54) is 0 Å². The lowest BCUT2D eigenvalue weighted by molar-refractivity contribution is -0.260. The predicted octanol–water partition coefficient (Wildman–Crippen LogP) is 1.91. The van der Waals surface area contributed by atoms with Crippen LogP contribution in [0.4, 0.5) is 26.3 Å². The molecule has 13 heavy (non-hydrogen) atoms. The maximum atomic E-state index is 11.9. The molecule has 0 aromatic rings. The lowest BCUT2D eigenvalue weighted by Crippen LogP contribution is -2.50. The van der Waals surface area contributed by atoms with E-state index in [9.17, 15) is 26.3 Å². The van der Waals surface area contributed by atoms with Crippen LogP contribution in [0.15, 0.2) is 4.99 Å². The monoisotopic (exact) mass is 207 g/mol. The van der Waals surface area contributed by atoms with E-state index in [0.717, 1.165) is 0 Å². The van der Waals surface area contributed by atoms with Crippen molar-refractivity contribution in [3.05, 3.63) is 0 Å². The fraction of sp³-hybridized carbons (Fsp3) is 0.800. The summed E-state index contributed by atoms with van der Waals surface area (Å²) < 4.78 is 75.3. The number of hydrogen-bond acceptors (Lipinski definition) is 2. The molecule has 0 fully saturated rings. The summed E-state index contributed by atoms with van der Waals surface area (Å²) in [5.41, 5.74) is -4.09. The van der Waals surface area contributed by atoms with Gasteiger partial charge in [0.1, 0.15) is 0 Å². The zero-order chi connectivity index (χ0) is 10.5. The molecule has 1 aliphatic rings. The van der Waals surface area contributed by atoms with E-state index < -0.39 is 23.8 Å². The quantitative estimate of drug-likeness (QED) is 0.556. The highest BCUT2D eigenvalue weighted by Gasteiger charge is 2.83. The Bertz CT molecular complexity index is 237. The smallest absolute Gasteiger partial charge is 0.431 e. The Morgan fingerprint density at radius 3 is 1.54 bits per heavy atom. The number of ether oxygens (including phenoxy) is 1. The first-order chi connectivity index (χ1) is 5.67. The third-order valence-electron chi connectivity index (χ3n) is 1.54. The zero-order valence-electron chi connectivity index (χ0n) is 6.12. The minimum atomic E-state index is -5.49. The third kappa shape index (κ3) is 1.15. The summed E-state index contributed by atoms with van der Waals surface area (Å²) in [6, 6.07) is 0. The van der Waals surface area contributed by atoms with Crippen LogP contribution in [0.2, 0.25) is 0 Å². The molecule has 8 heteroatoms. The largest absolute Gasteiger partial charge is 0.482 e. The van der Waals surface area contributed by atoms with Crippen molar-refractivity contribution < 1.29 is 31.1 Å². The van der Waals surface area contributed by atoms with Crippen molar-refractivity contribution in [1.29, 1.82) is 0 Å². The average Bonchev–Trinajstić information content (AvgIpc) is 2.57. The van der Waals surface area contributed by atoms with Crippen molar-refractivity contribution >= 4 is 5.90 Å². The highest BCUT2D eigenvalue weighted by atomic mass is 19.4. The van der Waals surface area contributed by atoms with Crippen molar-refractivity contribution in [1.82, 2.24) is 0 Å². The molecule has 1 heterocycles. The Morgan fingerprint density at radius 1 is 1.08 bits per heavy atom. The molecule has 2 nitrogen and oxygen atoms in total. The van der Waals surface area contributed by atoms with Crippen LogP contribution in [0.3, 0.4) is 0 Å². The Morgan fingerprint density at radius 2 is 1.46 bits per heavy atom. The topological polar surface area (TPSA) is 21.6 Å². The number of nitrogens with zero attached hydrogens (tertiary/aromatic N) is 1. The van der Waals surface area contributed by atoms with Crippen LogP contribution in [0.5, 0.6) is 0 Å². The molecule has 0 aromatic heterocycles. The van der Waals surface area contributed by atoms with Crippen LogP contribution >= 0.6 is 0 Å². The Labute approximate surface area is 68.2 Å². The maximum absolute atomic E-state index is 11.9. The van der Waals surface area contributed by atoms with E-state index >= 15 is 0 Å². The van der Waals surface area contributed by atoms with Gasteiger partial charge < -0.3 is 4.74 Å². The predicted molar refractivity (Wildman–Crippen MR) is 29.3 cm³/mol. The molecule has 0 aromatic carbocycles. The molecule has 0 unspecified atom stereocenters. The standard InChI is InChI=1S/C5H3F6NO/c1-13-2-3(12-2,4(6,7)8)5(9,10)11/h1H3. The van der Waals surface area contributed by atoms with Gasteiger partial charge >= 0.3 is 17.9 Å². The first-order valence-electron chi connectivity index (χ1n) is 2.94. The SMILES string of the molecule is COC1=NC1(C(F)(F)F)C(F)(F)F. The number of alkyl halides is 6. The van der Waals surface area contributed by atoms with Crippen molar-refractivity contribution in [2.75, 3.05) is 7.11 Å². The molecule has 1 rings (SSSR count). The van der Waals surface area contributed by atoms with E-state index in [0.29, 0.717) is 7.11 Å². The minimum absolute atomic E-state index is 0.706. The lowest BCUT2D eigenvalue weighted by atomic mass is 10.1. The lowest BCUT2D eigenvalue weighted by Gasteiger charge is -2.20. The van der Waals surface area contributed by atoms with Crippen LogP contribution in [0, 0.1) is 0 Å². The van der Waals surface area contributed by atoms with Gasteiger partial charge in [0.05, 0.1) is 7.11 Å². The first-order valence-corrected chi connectivity index (χ1v) is 2.94. The van der Waals surface area contributed by atoms with E-state index in [1.807, 2.05) is 0 Å². The second-order valence-corrected chi connectivity index (χ2v) is 2.33.